The quantitative estimate of drug-likeness (QED) is 0.810. The molecule has 0 aromatic heterocycles. The number of nitrogens with two attached hydrogens (primary N) is 1. The number of halogens is 1. The van der Waals surface area contributed by atoms with Gasteiger partial charge >= 0.3 is 0 Å². The number of carbonyl (C=O) groups is 2. The zero-order chi connectivity index (χ0) is 19.2. The van der Waals surface area contributed by atoms with Gasteiger partial charge in [0, 0.05) is 37.6 Å². The highest BCUT2D eigenvalue weighted by Crippen LogP contribution is 2.26. The molecule has 2 unspecified atom stereocenters. The third-order valence-corrected chi connectivity index (χ3v) is 5.74. The molecule has 0 radical (unpaired) electrons. The maximum Gasteiger partial charge on any atom is 0.260 e. The molecule has 1 aromatic carbocycles. The van der Waals surface area contributed by atoms with Gasteiger partial charge in [-0.2, -0.15) is 0 Å². The van der Waals surface area contributed by atoms with Crippen LogP contribution < -0.4 is 10.5 Å². The number of para-hydroxylation sites is 1. The van der Waals surface area contributed by atoms with Crippen LogP contribution in [0.4, 0.5) is 0 Å². The summed E-state index contributed by atoms with van der Waals surface area (Å²) >= 11 is 0. The smallest absolute Gasteiger partial charge is 0.260 e. The second-order valence-corrected chi connectivity index (χ2v) is 7.71. The van der Waals surface area contributed by atoms with Crippen LogP contribution in [0, 0.1) is 5.92 Å². The molecule has 2 atom stereocenters. The normalized spacial score (nSPS) is 21.6. The van der Waals surface area contributed by atoms with Crippen LogP contribution in [0.25, 0.3) is 0 Å². The van der Waals surface area contributed by atoms with Crippen LogP contribution in [-0.4, -0.2) is 59.9 Å². The number of ether oxygens (including phenoxy) is 1. The van der Waals surface area contributed by atoms with Crippen molar-refractivity contribution in [1.29, 1.82) is 0 Å². The fraction of sp³-hybridized carbons (Fsp3) is 0.619. The molecule has 1 aromatic rings. The van der Waals surface area contributed by atoms with Crippen molar-refractivity contribution in [2.24, 2.45) is 11.7 Å². The molecule has 28 heavy (non-hydrogen) atoms. The van der Waals surface area contributed by atoms with Crippen LogP contribution in [0.3, 0.4) is 0 Å². The summed E-state index contributed by atoms with van der Waals surface area (Å²) in [5, 5.41) is 0. The van der Waals surface area contributed by atoms with E-state index in [1.54, 1.807) is 0 Å². The molecular formula is C21H32ClN3O3. The Morgan fingerprint density at radius 1 is 1.11 bits per heavy atom. The maximum atomic E-state index is 13.0. The Morgan fingerprint density at radius 2 is 1.79 bits per heavy atom. The topological polar surface area (TPSA) is 75.9 Å². The number of carbonyl (C=O) groups excluding carboxylic acids is 2. The van der Waals surface area contributed by atoms with E-state index >= 15 is 0 Å². The van der Waals surface area contributed by atoms with Gasteiger partial charge in [-0.3, -0.25) is 9.59 Å². The van der Waals surface area contributed by atoms with Crippen molar-refractivity contribution in [2.75, 3.05) is 26.2 Å². The summed E-state index contributed by atoms with van der Waals surface area (Å²) in [6.45, 7) is 4.08. The lowest BCUT2D eigenvalue weighted by Gasteiger charge is -2.41. The van der Waals surface area contributed by atoms with Gasteiger partial charge < -0.3 is 20.3 Å². The number of rotatable bonds is 5. The maximum absolute atomic E-state index is 13.0. The molecule has 7 heteroatoms. The Morgan fingerprint density at radius 3 is 2.43 bits per heavy atom. The first-order chi connectivity index (χ1) is 13.1. The number of nitrogens with zero attached hydrogens (tertiary/aromatic N) is 2. The van der Waals surface area contributed by atoms with Crippen molar-refractivity contribution in [3.63, 3.8) is 0 Å². The molecule has 156 valence electrons. The van der Waals surface area contributed by atoms with Gasteiger partial charge in [-0.1, -0.05) is 18.2 Å². The number of piperidine rings is 2. The average molecular weight is 410 g/mol. The van der Waals surface area contributed by atoms with Gasteiger partial charge in [0.1, 0.15) is 5.75 Å². The minimum atomic E-state index is -0.0174. The summed E-state index contributed by atoms with van der Waals surface area (Å²) in [5.41, 5.74) is 6.11. The molecule has 0 saturated carbocycles. The van der Waals surface area contributed by atoms with Gasteiger partial charge in [0.2, 0.25) is 5.91 Å². The summed E-state index contributed by atoms with van der Waals surface area (Å²) < 4.78 is 5.55. The molecule has 2 N–H and O–H groups in total. The fourth-order valence-electron chi connectivity index (χ4n) is 4.14. The fourth-order valence-corrected chi connectivity index (χ4v) is 4.14. The number of likely N-dealkylation sites (tertiary alicyclic amines) is 2. The van der Waals surface area contributed by atoms with E-state index in [1.165, 1.54) is 0 Å². The predicted molar refractivity (Wildman–Crippen MR) is 111 cm³/mol. The lowest BCUT2D eigenvalue weighted by atomic mass is 9.91. The molecular weight excluding hydrogens is 378 g/mol. The van der Waals surface area contributed by atoms with Gasteiger partial charge in [-0.05, 0) is 51.2 Å². The zero-order valence-electron chi connectivity index (χ0n) is 16.6. The molecule has 0 bridgehead atoms. The highest BCUT2D eigenvalue weighted by molar-refractivity contribution is 5.85. The van der Waals surface area contributed by atoms with E-state index in [0.717, 1.165) is 38.6 Å². The van der Waals surface area contributed by atoms with Crippen molar-refractivity contribution in [2.45, 2.75) is 51.1 Å². The van der Waals surface area contributed by atoms with Crippen molar-refractivity contribution in [1.82, 2.24) is 9.80 Å². The minimum absolute atomic E-state index is 0. The summed E-state index contributed by atoms with van der Waals surface area (Å²) in [7, 11) is 0. The number of hydrogen-bond acceptors (Lipinski definition) is 4. The lowest BCUT2D eigenvalue weighted by Crippen LogP contribution is -2.54. The van der Waals surface area contributed by atoms with Crippen molar-refractivity contribution in [3.05, 3.63) is 30.3 Å². The lowest BCUT2D eigenvalue weighted by molar-refractivity contribution is -0.144. The molecule has 6 nitrogen and oxygen atoms in total. The third kappa shape index (κ3) is 5.61. The van der Waals surface area contributed by atoms with E-state index in [0.29, 0.717) is 18.8 Å². The summed E-state index contributed by atoms with van der Waals surface area (Å²) in [4.78, 5) is 29.2. The molecule has 2 saturated heterocycles. The first-order valence-electron chi connectivity index (χ1n) is 10.1. The van der Waals surface area contributed by atoms with Crippen LogP contribution in [0.15, 0.2) is 30.3 Å². The highest BCUT2D eigenvalue weighted by atomic mass is 35.5. The molecule has 2 aliphatic heterocycles. The SMILES string of the molecule is CC(N)C1CCCCN1C(=O)C1CCN(C(=O)COc2ccccc2)CC1.Cl. The van der Waals surface area contributed by atoms with E-state index < -0.39 is 0 Å². The number of amides is 2. The van der Waals surface area contributed by atoms with Gasteiger partial charge in [0.15, 0.2) is 6.61 Å². The Bertz CT molecular complexity index is 633. The summed E-state index contributed by atoms with van der Waals surface area (Å²) in [6.07, 6.45) is 4.64. The van der Waals surface area contributed by atoms with Gasteiger partial charge in [-0.25, -0.2) is 0 Å². The van der Waals surface area contributed by atoms with Crippen LogP contribution in [0.2, 0.25) is 0 Å². The highest BCUT2D eigenvalue weighted by Gasteiger charge is 2.35. The zero-order valence-corrected chi connectivity index (χ0v) is 17.4. The van der Waals surface area contributed by atoms with Gasteiger partial charge in [0.05, 0.1) is 0 Å². The Hall–Kier alpha value is -1.79. The Kier molecular flexibility index (Phi) is 8.58. The van der Waals surface area contributed by atoms with Crippen LogP contribution in [0.5, 0.6) is 5.75 Å². The molecule has 2 amide bonds. The van der Waals surface area contributed by atoms with Crippen molar-refractivity contribution >= 4 is 24.2 Å². The van der Waals surface area contributed by atoms with Crippen LogP contribution >= 0.6 is 12.4 Å². The second-order valence-electron chi connectivity index (χ2n) is 7.71. The Labute approximate surface area is 173 Å². The predicted octanol–water partition coefficient (Wildman–Crippen LogP) is 2.45. The van der Waals surface area contributed by atoms with E-state index in [1.807, 2.05) is 47.1 Å². The van der Waals surface area contributed by atoms with Gasteiger partial charge in [0.25, 0.3) is 5.91 Å². The first-order valence-corrected chi connectivity index (χ1v) is 10.1. The monoisotopic (exact) mass is 409 g/mol. The second kappa shape index (κ2) is 10.7. The first kappa shape index (κ1) is 22.5. The molecule has 2 aliphatic rings. The van der Waals surface area contributed by atoms with Crippen LogP contribution in [-0.2, 0) is 9.59 Å². The molecule has 3 rings (SSSR count). The Balaban J connectivity index is 0.00000280. The van der Waals surface area contributed by atoms with Gasteiger partial charge in [-0.15, -0.1) is 12.4 Å². The largest absolute Gasteiger partial charge is 0.484 e. The summed E-state index contributed by atoms with van der Waals surface area (Å²) in [5.74, 6) is 0.909. The van der Waals surface area contributed by atoms with E-state index in [4.69, 9.17) is 10.5 Å². The molecule has 2 heterocycles. The van der Waals surface area contributed by atoms with E-state index in [9.17, 15) is 9.59 Å². The van der Waals surface area contributed by atoms with Crippen molar-refractivity contribution in [3.8, 4) is 5.75 Å². The minimum Gasteiger partial charge on any atom is -0.484 e. The molecule has 2 fully saturated rings. The number of hydrogen-bond donors (Lipinski definition) is 1. The van der Waals surface area contributed by atoms with Crippen molar-refractivity contribution < 1.29 is 14.3 Å². The number of benzene rings is 1. The van der Waals surface area contributed by atoms with E-state index in [-0.39, 0.29) is 48.8 Å². The standard InChI is InChI=1S/C21H31N3O3.ClH/c1-16(22)19-9-5-6-12-24(19)21(26)17-10-13-23(14-11-17)20(25)15-27-18-7-3-2-4-8-18;/h2-4,7-8,16-17,19H,5-6,9-15,22H2,1H3;1H. The van der Waals surface area contributed by atoms with Crippen LogP contribution in [0.1, 0.15) is 39.0 Å². The summed E-state index contributed by atoms with van der Waals surface area (Å²) in [6, 6.07) is 9.52. The average Bonchev–Trinajstić information content (AvgIpc) is 2.72. The molecule has 0 aliphatic carbocycles. The van der Waals surface area contributed by atoms with E-state index in [2.05, 4.69) is 0 Å². The molecule has 0 spiro atoms. The third-order valence-electron chi connectivity index (χ3n) is 5.74.